The van der Waals surface area contributed by atoms with Gasteiger partial charge in [-0.25, -0.2) is 0 Å². The predicted octanol–water partition coefficient (Wildman–Crippen LogP) is 2.65. The standard InChI is InChI=1S/C16H22ClNO3/c1-11(16(20)21-2)9-18(14-6-7-14)10-15(19)12-4-3-5-13(17)8-12/h3-5,8,11,14-15,19H,6-7,9-10H2,1-2H3. The first kappa shape index (κ1) is 16.3. The largest absolute Gasteiger partial charge is 0.469 e. The van der Waals surface area contributed by atoms with E-state index in [-0.39, 0.29) is 11.9 Å². The lowest BCUT2D eigenvalue weighted by atomic mass is 10.1. The average molecular weight is 312 g/mol. The summed E-state index contributed by atoms with van der Waals surface area (Å²) < 4.78 is 4.77. The van der Waals surface area contributed by atoms with Crippen molar-refractivity contribution in [1.82, 2.24) is 4.90 Å². The van der Waals surface area contributed by atoms with E-state index in [0.717, 1.165) is 18.4 Å². The third-order valence-electron chi connectivity index (χ3n) is 3.82. The number of aliphatic hydroxyl groups excluding tert-OH is 1. The highest BCUT2D eigenvalue weighted by Gasteiger charge is 2.32. The Hall–Kier alpha value is -1.10. The lowest BCUT2D eigenvalue weighted by molar-refractivity contribution is -0.145. The van der Waals surface area contributed by atoms with Crippen molar-refractivity contribution in [2.24, 2.45) is 5.92 Å². The van der Waals surface area contributed by atoms with Crippen LogP contribution in [0.5, 0.6) is 0 Å². The molecule has 2 rings (SSSR count). The molecule has 1 N–H and O–H groups in total. The van der Waals surface area contributed by atoms with Gasteiger partial charge in [0.25, 0.3) is 0 Å². The molecule has 0 aliphatic heterocycles. The summed E-state index contributed by atoms with van der Waals surface area (Å²) in [5, 5.41) is 11.0. The Bertz CT molecular complexity index is 490. The third-order valence-corrected chi connectivity index (χ3v) is 4.05. The summed E-state index contributed by atoms with van der Waals surface area (Å²) in [7, 11) is 1.40. The van der Waals surface area contributed by atoms with Gasteiger partial charge in [0.2, 0.25) is 0 Å². The molecule has 2 atom stereocenters. The maximum Gasteiger partial charge on any atom is 0.309 e. The van der Waals surface area contributed by atoms with E-state index in [9.17, 15) is 9.90 Å². The molecule has 21 heavy (non-hydrogen) atoms. The molecule has 0 bridgehead atoms. The van der Waals surface area contributed by atoms with Crippen LogP contribution in [0.2, 0.25) is 5.02 Å². The molecule has 1 aliphatic rings. The van der Waals surface area contributed by atoms with Gasteiger partial charge in [0.05, 0.1) is 19.1 Å². The number of methoxy groups -OCH3 is 1. The highest BCUT2D eigenvalue weighted by atomic mass is 35.5. The normalized spacial score (nSPS) is 17.6. The van der Waals surface area contributed by atoms with Crippen LogP contribution >= 0.6 is 11.6 Å². The van der Waals surface area contributed by atoms with Gasteiger partial charge in [0, 0.05) is 24.2 Å². The Morgan fingerprint density at radius 1 is 1.48 bits per heavy atom. The fourth-order valence-corrected chi connectivity index (χ4v) is 2.68. The number of esters is 1. The maximum absolute atomic E-state index is 11.6. The van der Waals surface area contributed by atoms with Gasteiger partial charge in [-0.1, -0.05) is 30.7 Å². The van der Waals surface area contributed by atoms with Crippen LogP contribution in [0.3, 0.4) is 0 Å². The lowest BCUT2D eigenvalue weighted by Crippen LogP contribution is -2.37. The fraction of sp³-hybridized carbons (Fsp3) is 0.562. The van der Waals surface area contributed by atoms with Crippen LogP contribution in [0.25, 0.3) is 0 Å². The van der Waals surface area contributed by atoms with Gasteiger partial charge < -0.3 is 9.84 Å². The molecule has 0 aromatic heterocycles. The summed E-state index contributed by atoms with van der Waals surface area (Å²) in [6.07, 6.45) is 1.64. The van der Waals surface area contributed by atoms with Gasteiger partial charge in [0.1, 0.15) is 0 Å². The molecule has 0 heterocycles. The van der Waals surface area contributed by atoms with Crippen LogP contribution in [-0.2, 0) is 9.53 Å². The van der Waals surface area contributed by atoms with Crippen molar-refractivity contribution in [3.05, 3.63) is 34.9 Å². The molecule has 0 amide bonds. The van der Waals surface area contributed by atoms with Crippen LogP contribution < -0.4 is 0 Å². The molecular weight excluding hydrogens is 290 g/mol. The molecular formula is C16H22ClNO3. The Labute approximate surface area is 130 Å². The SMILES string of the molecule is COC(=O)C(C)CN(CC(O)c1cccc(Cl)c1)C1CC1. The van der Waals surface area contributed by atoms with Crippen molar-refractivity contribution in [3.63, 3.8) is 0 Å². The van der Waals surface area contributed by atoms with Crippen molar-refractivity contribution in [1.29, 1.82) is 0 Å². The molecule has 1 saturated carbocycles. The second-order valence-electron chi connectivity index (χ2n) is 5.68. The molecule has 1 aromatic carbocycles. The molecule has 2 unspecified atom stereocenters. The minimum atomic E-state index is -0.603. The second-order valence-corrected chi connectivity index (χ2v) is 6.12. The first-order valence-electron chi connectivity index (χ1n) is 7.26. The zero-order valence-electron chi connectivity index (χ0n) is 12.5. The quantitative estimate of drug-likeness (QED) is 0.787. The summed E-state index contributed by atoms with van der Waals surface area (Å²) in [5.41, 5.74) is 0.805. The third kappa shape index (κ3) is 4.70. The molecule has 1 aliphatic carbocycles. The lowest BCUT2D eigenvalue weighted by Gasteiger charge is -2.27. The monoisotopic (exact) mass is 311 g/mol. The molecule has 1 aromatic rings. The van der Waals surface area contributed by atoms with Crippen LogP contribution in [0.1, 0.15) is 31.4 Å². The van der Waals surface area contributed by atoms with Gasteiger partial charge in [-0.15, -0.1) is 0 Å². The molecule has 116 valence electrons. The number of carbonyl (C=O) groups is 1. The van der Waals surface area contributed by atoms with Crippen LogP contribution in [-0.4, -0.2) is 42.2 Å². The first-order valence-corrected chi connectivity index (χ1v) is 7.64. The molecule has 0 spiro atoms. The number of halogens is 1. The van der Waals surface area contributed by atoms with Crippen molar-refractivity contribution >= 4 is 17.6 Å². The number of hydrogen-bond donors (Lipinski definition) is 1. The summed E-state index contributed by atoms with van der Waals surface area (Å²) in [6, 6.07) is 7.73. The van der Waals surface area contributed by atoms with Gasteiger partial charge >= 0.3 is 5.97 Å². The highest BCUT2D eigenvalue weighted by Crippen LogP contribution is 2.30. The van der Waals surface area contributed by atoms with E-state index in [4.69, 9.17) is 16.3 Å². The topological polar surface area (TPSA) is 49.8 Å². The Morgan fingerprint density at radius 2 is 2.19 bits per heavy atom. The van der Waals surface area contributed by atoms with Crippen molar-refractivity contribution in [2.45, 2.75) is 31.9 Å². The summed E-state index contributed by atoms with van der Waals surface area (Å²) in [6.45, 7) is 2.97. The van der Waals surface area contributed by atoms with E-state index in [2.05, 4.69) is 4.90 Å². The molecule has 4 nitrogen and oxygen atoms in total. The minimum absolute atomic E-state index is 0.192. The highest BCUT2D eigenvalue weighted by molar-refractivity contribution is 6.30. The smallest absolute Gasteiger partial charge is 0.309 e. The number of ether oxygens (including phenoxy) is 1. The Morgan fingerprint density at radius 3 is 2.76 bits per heavy atom. The Balaban J connectivity index is 1.98. The van der Waals surface area contributed by atoms with E-state index in [1.807, 2.05) is 19.1 Å². The van der Waals surface area contributed by atoms with Gasteiger partial charge in [-0.05, 0) is 30.5 Å². The molecule has 0 saturated heterocycles. The zero-order valence-corrected chi connectivity index (χ0v) is 13.2. The predicted molar refractivity (Wildman–Crippen MR) is 82.2 cm³/mol. The van der Waals surface area contributed by atoms with Gasteiger partial charge in [0.15, 0.2) is 0 Å². The van der Waals surface area contributed by atoms with Gasteiger partial charge in [-0.3, -0.25) is 9.69 Å². The van der Waals surface area contributed by atoms with Crippen LogP contribution in [0.15, 0.2) is 24.3 Å². The van der Waals surface area contributed by atoms with Crippen LogP contribution in [0.4, 0.5) is 0 Å². The van der Waals surface area contributed by atoms with E-state index in [1.54, 1.807) is 12.1 Å². The second kappa shape index (κ2) is 7.25. The van der Waals surface area contributed by atoms with E-state index in [0.29, 0.717) is 24.2 Å². The number of rotatable bonds is 7. The van der Waals surface area contributed by atoms with Crippen molar-refractivity contribution in [3.8, 4) is 0 Å². The fourth-order valence-electron chi connectivity index (χ4n) is 2.48. The molecule has 5 heteroatoms. The number of aliphatic hydroxyl groups is 1. The van der Waals surface area contributed by atoms with Crippen LogP contribution in [0, 0.1) is 5.92 Å². The number of carbonyl (C=O) groups excluding carboxylic acids is 1. The zero-order chi connectivity index (χ0) is 15.4. The van der Waals surface area contributed by atoms with E-state index < -0.39 is 6.10 Å². The number of benzene rings is 1. The average Bonchev–Trinajstić information content (AvgIpc) is 3.30. The van der Waals surface area contributed by atoms with E-state index in [1.165, 1.54) is 7.11 Å². The van der Waals surface area contributed by atoms with Crippen molar-refractivity contribution < 1.29 is 14.6 Å². The van der Waals surface area contributed by atoms with E-state index >= 15 is 0 Å². The summed E-state index contributed by atoms with van der Waals surface area (Å²) >= 11 is 5.96. The number of nitrogens with zero attached hydrogens (tertiary/aromatic N) is 1. The Kier molecular flexibility index (Phi) is 5.62. The van der Waals surface area contributed by atoms with Crippen molar-refractivity contribution in [2.75, 3.05) is 20.2 Å². The summed E-state index contributed by atoms with van der Waals surface area (Å²) in [5.74, 6) is -0.403. The molecule has 0 radical (unpaired) electrons. The number of hydrogen-bond acceptors (Lipinski definition) is 4. The van der Waals surface area contributed by atoms with Gasteiger partial charge in [-0.2, -0.15) is 0 Å². The maximum atomic E-state index is 11.6. The molecule has 1 fully saturated rings. The minimum Gasteiger partial charge on any atom is -0.469 e. The summed E-state index contributed by atoms with van der Waals surface area (Å²) in [4.78, 5) is 13.7. The first-order chi connectivity index (χ1) is 10.0.